The quantitative estimate of drug-likeness (QED) is 0.548. The number of hydrogen-bond acceptors (Lipinski definition) is 4. The second kappa shape index (κ2) is 13.0. The normalized spacial score (nSPS) is 11.3. The van der Waals surface area contributed by atoms with Gasteiger partial charge in [-0.25, -0.2) is 4.39 Å². The zero-order chi connectivity index (χ0) is 17.1. The minimum Gasteiger partial charge on any atom is -0.354 e. The largest absolute Gasteiger partial charge is 0.354 e. The maximum Gasteiger partial charge on any atom is 0.234 e. The fourth-order valence-electron chi connectivity index (χ4n) is 1.73. The highest BCUT2D eigenvalue weighted by atomic mass is 35.5. The van der Waals surface area contributed by atoms with E-state index in [1.807, 2.05) is 0 Å². The molecule has 1 unspecified atom stereocenters. The van der Waals surface area contributed by atoms with Crippen LogP contribution in [0.4, 0.5) is 10.1 Å². The Bertz CT molecular complexity index is 503. The number of carbonyl (C=O) groups is 2. The van der Waals surface area contributed by atoms with Crippen molar-refractivity contribution in [3.63, 3.8) is 0 Å². The van der Waals surface area contributed by atoms with Gasteiger partial charge >= 0.3 is 0 Å². The number of hydrogen-bond donors (Lipinski definition) is 3. The van der Waals surface area contributed by atoms with Crippen LogP contribution in [0.5, 0.6) is 0 Å². The summed E-state index contributed by atoms with van der Waals surface area (Å²) in [5.41, 5.74) is 0.538. The molecule has 8 heteroatoms. The summed E-state index contributed by atoms with van der Waals surface area (Å²) < 4.78 is 12.8. The van der Waals surface area contributed by atoms with E-state index in [2.05, 4.69) is 22.9 Å². The average molecular weight is 378 g/mol. The van der Waals surface area contributed by atoms with Gasteiger partial charge in [-0.15, -0.1) is 24.2 Å². The fraction of sp³-hybridized carbons (Fsp3) is 0.500. The highest BCUT2D eigenvalue weighted by Crippen LogP contribution is 2.13. The van der Waals surface area contributed by atoms with Crippen molar-refractivity contribution in [1.29, 1.82) is 0 Å². The first-order chi connectivity index (χ1) is 11.0. The zero-order valence-electron chi connectivity index (χ0n) is 13.9. The summed E-state index contributed by atoms with van der Waals surface area (Å²) in [5, 5.41) is 8.38. The monoisotopic (exact) mass is 377 g/mol. The van der Waals surface area contributed by atoms with Crippen molar-refractivity contribution in [3.8, 4) is 0 Å². The summed E-state index contributed by atoms with van der Waals surface area (Å²) >= 11 is 1.26. The molecule has 1 atom stereocenters. The number of carbonyl (C=O) groups excluding carboxylic acids is 2. The maximum absolute atomic E-state index is 12.8. The standard InChI is InChI=1S/C16H24FN3O2S.ClH/c1-3-8-18-9-10-19-16(22)12(2)23-11-15(21)20-14-6-4-13(17)5-7-14;/h4-7,12,18H,3,8-11H2,1-2H3,(H,19,22)(H,20,21);1H. The van der Waals surface area contributed by atoms with Crippen LogP contribution >= 0.6 is 24.2 Å². The first kappa shape index (κ1) is 22.7. The Labute approximate surface area is 152 Å². The highest BCUT2D eigenvalue weighted by Gasteiger charge is 2.14. The molecule has 1 aromatic rings. The molecule has 24 heavy (non-hydrogen) atoms. The second-order valence-electron chi connectivity index (χ2n) is 5.05. The number of halogens is 2. The van der Waals surface area contributed by atoms with Gasteiger partial charge in [-0.1, -0.05) is 6.92 Å². The SMILES string of the molecule is CCCNCCNC(=O)C(C)SCC(=O)Nc1ccc(F)cc1.Cl. The maximum atomic E-state index is 12.8. The van der Waals surface area contributed by atoms with Crippen LogP contribution < -0.4 is 16.0 Å². The molecule has 3 N–H and O–H groups in total. The smallest absolute Gasteiger partial charge is 0.234 e. The van der Waals surface area contributed by atoms with Gasteiger partial charge < -0.3 is 16.0 Å². The third-order valence-corrected chi connectivity index (χ3v) is 4.13. The van der Waals surface area contributed by atoms with E-state index in [0.717, 1.165) is 19.5 Å². The van der Waals surface area contributed by atoms with E-state index in [1.54, 1.807) is 6.92 Å². The Balaban J connectivity index is 0.00000529. The third kappa shape index (κ3) is 9.75. The Kier molecular flexibility index (Phi) is 12.3. The van der Waals surface area contributed by atoms with Gasteiger partial charge in [0.05, 0.1) is 11.0 Å². The predicted octanol–water partition coefficient (Wildman–Crippen LogP) is 2.42. The molecule has 5 nitrogen and oxygen atoms in total. The van der Waals surface area contributed by atoms with Crippen molar-refractivity contribution in [3.05, 3.63) is 30.1 Å². The van der Waals surface area contributed by atoms with Crippen molar-refractivity contribution in [2.75, 3.05) is 30.7 Å². The first-order valence-corrected chi connectivity index (χ1v) is 8.73. The molecule has 1 aromatic carbocycles. The van der Waals surface area contributed by atoms with Crippen LogP contribution in [-0.4, -0.2) is 42.5 Å². The molecular weight excluding hydrogens is 353 g/mol. The van der Waals surface area contributed by atoms with Gasteiger partial charge in [0.1, 0.15) is 5.82 Å². The predicted molar refractivity (Wildman–Crippen MR) is 100 cm³/mol. The number of benzene rings is 1. The molecule has 0 fully saturated rings. The number of anilines is 1. The topological polar surface area (TPSA) is 70.2 Å². The molecular formula is C16H25ClFN3O2S. The Morgan fingerprint density at radius 3 is 2.46 bits per heavy atom. The van der Waals surface area contributed by atoms with E-state index < -0.39 is 0 Å². The van der Waals surface area contributed by atoms with Crippen molar-refractivity contribution in [2.45, 2.75) is 25.5 Å². The van der Waals surface area contributed by atoms with Gasteiger partial charge in [0.2, 0.25) is 11.8 Å². The molecule has 0 saturated heterocycles. The lowest BCUT2D eigenvalue weighted by Gasteiger charge is -2.12. The molecule has 0 aliphatic heterocycles. The van der Waals surface area contributed by atoms with Crippen molar-refractivity contribution < 1.29 is 14.0 Å². The summed E-state index contributed by atoms with van der Waals surface area (Å²) in [4.78, 5) is 23.6. The molecule has 0 aromatic heterocycles. The molecule has 2 amide bonds. The van der Waals surface area contributed by atoms with Gasteiger partial charge in [-0.3, -0.25) is 9.59 Å². The van der Waals surface area contributed by atoms with Crippen molar-refractivity contribution in [1.82, 2.24) is 10.6 Å². The summed E-state index contributed by atoms with van der Waals surface area (Å²) in [7, 11) is 0. The Hall–Kier alpha value is -1.31. The minimum atomic E-state index is -0.351. The fourth-order valence-corrected chi connectivity index (χ4v) is 2.43. The van der Waals surface area contributed by atoms with Gasteiger partial charge in [0.15, 0.2) is 0 Å². The average Bonchev–Trinajstić information content (AvgIpc) is 2.54. The van der Waals surface area contributed by atoms with Gasteiger partial charge in [-0.2, -0.15) is 0 Å². The minimum absolute atomic E-state index is 0. The number of nitrogens with one attached hydrogen (secondary N) is 3. The molecule has 0 bridgehead atoms. The molecule has 0 aliphatic rings. The summed E-state index contributed by atoms with van der Waals surface area (Å²) in [6.45, 7) is 6.10. The Morgan fingerprint density at radius 1 is 1.17 bits per heavy atom. The third-order valence-electron chi connectivity index (χ3n) is 2.99. The lowest BCUT2D eigenvalue weighted by molar-refractivity contribution is -0.120. The highest BCUT2D eigenvalue weighted by molar-refractivity contribution is 8.01. The van der Waals surface area contributed by atoms with Crippen LogP contribution in [0.2, 0.25) is 0 Å². The Morgan fingerprint density at radius 2 is 1.83 bits per heavy atom. The number of rotatable bonds is 10. The van der Waals surface area contributed by atoms with Crippen LogP contribution in [0.1, 0.15) is 20.3 Å². The van der Waals surface area contributed by atoms with Crippen molar-refractivity contribution in [2.24, 2.45) is 0 Å². The van der Waals surface area contributed by atoms with Gasteiger partial charge in [-0.05, 0) is 44.2 Å². The zero-order valence-corrected chi connectivity index (χ0v) is 15.6. The van der Waals surface area contributed by atoms with Gasteiger partial charge in [0.25, 0.3) is 0 Å². The first-order valence-electron chi connectivity index (χ1n) is 7.68. The van der Waals surface area contributed by atoms with Crippen LogP contribution in [-0.2, 0) is 9.59 Å². The van der Waals surface area contributed by atoms with Crippen molar-refractivity contribution >= 4 is 41.7 Å². The van der Waals surface area contributed by atoms with Crippen LogP contribution in [0.15, 0.2) is 24.3 Å². The molecule has 0 spiro atoms. The van der Waals surface area contributed by atoms with Crippen LogP contribution in [0.25, 0.3) is 0 Å². The van der Waals surface area contributed by atoms with E-state index in [1.165, 1.54) is 36.0 Å². The van der Waals surface area contributed by atoms with E-state index in [4.69, 9.17) is 0 Å². The molecule has 1 rings (SSSR count). The lowest BCUT2D eigenvalue weighted by Crippen LogP contribution is -2.36. The van der Waals surface area contributed by atoms with Crippen LogP contribution in [0, 0.1) is 5.82 Å². The van der Waals surface area contributed by atoms with Gasteiger partial charge in [0, 0.05) is 18.8 Å². The summed E-state index contributed by atoms with van der Waals surface area (Å²) in [6, 6.07) is 5.56. The molecule has 0 saturated carbocycles. The molecule has 0 aliphatic carbocycles. The van der Waals surface area contributed by atoms with E-state index in [-0.39, 0.29) is 41.0 Å². The van der Waals surface area contributed by atoms with Crippen LogP contribution in [0.3, 0.4) is 0 Å². The summed E-state index contributed by atoms with van der Waals surface area (Å²) in [6.07, 6.45) is 1.06. The molecule has 136 valence electrons. The number of thioether (sulfide) groups is 1. The number of amides is 2. The lowest BCUT2D eigenvalue weighted by atomic mass is 10.3. The molecule has 0 radical (unpaired) electrons. The van der Waals surface area contributed by atoms with E-state index >= 15 is 0 Å². The molecule has 0 heterocycles. The van der Waals surface area contributed by atoms with E-state index in [0.29, 0.717) is 12.2 Å². The second-order valence-corrected chi connectivity index (χ2v) is 6.38. The van der Waals surface area contributed by atoms with E-state index in [9.17, 15) is 14.0 Å². The summed E-state index contributed by atoms with van der Waals surface area (Å²) in [5.74, 6) is -0.482.